The molecule has 1 rings (SSSR count). The molecule has 0 bridgehead atoms. The molecule has 0 heterocycles. The van der Waals surface area contributed by atoms with Crippen LogP contribution in [0.4, 0.5) is 0 Å². The van der Waals surface area contributed by atoms with Gasteiger partial charge >= 0.3 is 0 Å². The lowest BCUT2D eigenvalue weighted by Gasteiger charge is -2.16. The van der Waals surface area contributed by atoms with Crippen LogP contribution in [0.1, 0.15) is 29.8 Å². The largest absolute Gasteiger partial charge is 0.390 e. The highest BCUT2D eigenvalue weighted by molar-refractivity contribution is 5.97. The van der Waals surface area contributed by atoms with Crippen LogP contribution >= 0.6 is 0 Å². The molecule has 3 nitrogen and oxygen atoms in total. The highest BCUT2D eigenvalue weighted by atomic mass is 16.3. The van der Waals surface area contributed by atoms with Gasteiger partial charge in [-0.3, -0.25) is 4.79 Å². The van der Waals surface area contributed by atoms with E-state index in [9.17, 15) is 9.90 Å². The van der Waals surface area contributed by atoms with Crippen molar-refractivity contribution in [3.63, 3.8) is 0 Å². The van der Waals surface area contributed by atoms with Gasteiger partial charge in [0.15, 0.2) is 5.78 Å². The smallest absolute Gasteiger partial charge is 0.176 e. The molecule has 0 fully saturated rings. The molecular formula is C13H19NO2. The van der Waals surface area contributed by atoms with E-state index in [-0.39, 0.29) is 5.78 Å². The molecule has 0 aliphatic rings. The van der Waals surface area contributed by atoms with Crippen LogP contribution in [0.2, 0.25) is 0 Å². The molecule has 1 aromatic rings. The van der Waals surface area contributed by atoms with E-state index in [0.29, 0.717) is 18.5 Å². The van der Waals surface area contributed by atoms with Gasteiger partial charge in [0.1, 0.15) is 0 Å². The molecule has 0 saturated carbocycles. The molecule has 0 aromatic heterocycles. The first-order chi connectivity index (χ1) is 7.42. The van der Waals surface area contributed by atoms with Gasteiger partial charge in [-0.05, 0) is 26.5 Å². The first-order valence-electron chi connectivity index (χ1n) is 5.41. The van der Waals surface area contributed by atoms with Crippen LogP contribution in [0.5, 0.6) is 0 Å². The van der Waals surface area contributed by atoms with E-state index in [1.54, 1.807) is 33.0 Å². The fourth-order valence-corrected chi connectivity index (χ4v) is 1.57. The number of aliphatic hydroxyl groups is 1. The van der Waals surface area contributed by atoms with Crippen LogP contribution < -0.4 is 5.32 Å². The molecule has 0 spiro atoms. The summed E-state index contributed by atoms with van der Waals surface area (Å²) in [7, 11) is 1.75. The molecule has 1 aromatic carbocycles. The van der Waals surface area contributed by atoms with E-state index in [2.05, 4.69) is 5.32 Å². The minimum atomic E-state index is -0.712. The first kappa shape index (κ1) is 12.9. The van der Waals surface area contributed by atoms with E-state index in [1.165, 1.54) is 0 Å². The van der Waals surface area contributed by atoms with Crippen molar-refractivity contribution < 1.29 is 9.90 Å². The Balaban J connectivity index is 2.72. The molecule has 2 N–H and O–H groups in total. The molecule has 0 radical (unpaired) electrons. The van der Waals surface area contributed by atoms with Crippen molar-refractivity contribution >= 4 is 5.78 Å². The summed E-state index contributed by atoms with van der Waals surface area (Å²) in [6.45, 7) is 3.89. The lowest BCUT2D eigenvalue weighted by atomic mass is 9.97. The van der Waals surface area contributed by atoms with Gasteiger partial charge < -0.3 is 10.4 Å². The van der Waals surface area contributed by atoms with Gasteiger partial charge in [-0.2, -0.15) is 0 Å². The van der Waals surface area contributed by atoms with Crippen LogP contribution in [-0.4, -0.2) is 30.1 Å². The molecule has 0 unspecified atom stereocenters. The fourth-order valence-electron chi connectivity index (χ4n) is 1.57. The maximum absolute atomic E-state index is 11.5. The Morgan fingerprint density at radius 2 is 1.88 bits per heavy atom. The molecule has 0 amide bonds. The normalized spacial score (nSPS) is 11.5. The number of benzene rings is 1. The Labute approximate surface area is 96.5 Å². The minimum Gasteiger partial charge on any atom is -0.390 e. The number of likely N-dealkylation sites (N-methyl/N-ethyl adjacent to an activating group) is 1. The molecule has 0 atom stereocenters. The van der Waals surface area contributed by atoms with Crippen molar-refractivity contribution in [1.29, 1.82) is 0 Å². The summed E-state index contributed by atoms with van der Waals surface area (Å²) < 4.78 is 0. The van der Waals surface area contributed by atoms with Crippen LogP contribution in [0.25, 0.3) is 0 Å². The number of nitrogens with one attached hydrogen (secondary N) is 1. The second-order valence-corrected chi connectivity index (χ2v) is 4.64. The number of carbonyl (C=O) groups excluding carboxylic acids is 1. The van der Waals surface area contributed by atoms with Crippen molar-refractivity contribution in [3.05, 3.63) is 35.4 Å². The second kappa shape index (κ2) is 5.23. The van der Waals surface area contributed by atoms with E-state index >= 15 is 0 Å². The van der Waals surface area contributed by atoms with Gasteiger partial charge in [-0.15, -0.1) is 0 Å². The third kappa shape index (κ3) is 4.13. The van der Waals surface area contributed by atoms with Crippen LogP contribution in [0.15, 0.2) is 24.3 Å². The molecule has 3 heteroatoms. The van der Waals surface area contributed by atoms with E-state index in [0.717, 1.165) is 5.56 Å². The van der Waals surface area contributed by atoms with Crippen LogP contribution in [0, 0.1) is 0 Å². The number of hydrogen-bond acceptors (Lipinski definition) is 3. The Morgan fingerprint density at radius 1 is 1.31 bits per heavy atom. The molecule has 88 valence electrons. The van der Waals surface area contributed by atoms with Gasteiger partial charge in [-0.25, -0.2) is 0 Å². The zero-order valence-corrected chi connectivity index (χ0v) is 10.1. The summed E-state index contributed by atoms with van der Waals surface area (Å²) >= 11 is 0. The fraction of sp³-hybridized carbons (Fsp3) is 0.462. The van der Waals surface area contributed by atoms with Crippen molar-refractivity contribution in [1.82, 2.24) is 5.32 Å². The summed E-state index contributed by atoms with van der Waals surface area (Å²) in [5.41, 5.74) is 1.03. The van der Waals surface area contributed by atoms with Crippen molar-refractivity contribution in [2.45, 2.75) is 25.9 Å². The summed E-state index contributed by atoms with van der Waals surface area (Å²) in [5, 5.41) is 12.5. The number of rotatable bonds is 5. The monoisotopic (exact) mass is 221 g/mol. The third-order valence-corrected chi connectivity index (χ3v) is 2.25. The maximum Gasteiger partial charge on any atom is 0.176 e. The Hall–Kier alpha value is -1.19. The highest BCUT2D eigenvalue weighted by Crippen LogP contribution is 2.13. The zero-order chi connectivity index (χ0) is 12.2. The molecule has 0 aliphatic carbocycles. The molecule has 0 aliphatic heterocycles. The van der Waals surface area contributed by atoms with Crippen LogP contribution in [-0.2, 0) is 6.42 Å². The Kier molecular flexibility index (Phi) is 4.21. The minimum absolute atomic E-state index is 0.0808. The molecule has 0 saturated heterocycles. The van der Waals surface area contributed by atoms with E-state index in [4.69, 9.17) is 0 Å². The van der Waals surface area contributed by atoms with Crippen LogP contribution in [0.3, 0.4) is 0 Å². The number of hydrogen-bond donors (Lipinski definition) is 2. The van der Waals surface area contributed by atoms with Gasteiger partial charge in [0, 0.05) is 12.0 Å². The Morgan fingerprint density at radius 3 is 2.31 bits per heavy atom. The SMILES string of the molecule is CNCC(=O)c1ccc(CC(C)(C)O)cc1. The quantitative estimate of drug-likeness (QED) is 0.739. The van der Waals surface area contributed by atoms with Crippen molar-refractivity contribution in [3.8, 4) is 0 Å². The number of Topliss-reactive ketones (excluding diaryl/α,β-unsaturated/α-hetero) is 1. The summed E-state index contributed by atoms with van der Waals surface area (Å²) in [5.74, 6) is 0.0808. The van der Waals surface area contributed by atoms with E-state index in [1.807, 2.05) is 12.1 Å². The van der Waals surface area contributed by atoms with Gasteiger partial charge in [0.2, 0.25) is 0 Å². The predicted octanol–water partition coefficient (Wildman–Crippen LogP) is 1.40. The summed E-state index contributed by atoms with van der Waals surface area (Å²) in [4.78, 5) is 11.5. The highest BCUT2D eigenvalue weighted by Gasteiger charge is 2.13. The summed E-state index contributed by atoms with van der Waals surface area (Å²) in [6, 6.07) is 7.39. The van der Waals surface area contributed by atoms with Gasteiger partial charge in [0.05, 0.1) is 12.1 Å². The standard InChI is InChI=1S/C13H19NO2/c1-13(2,16)8-10-4-6-11(7-5-10)12(15)9-14-3/h4-7,14,16H,8-9H2,1-3H3. The topological polar surface area (TPSA) is 49.3 Å². The van der Waals surface area contributed by atoms with Crippen molar-refractivity contribution in [2.24, 2.45) is 0 Å². The van der Waals surface area contributed by atoms with E-state index < -0.39 is 5.60 Å². The number of carbonyl (C=O) groups is 1. The second-order valence-electron chi connectivity index (χ2n) is 4.64. The molecule has 16 heavy (non-hydrogen) atoms. The lowest BCUT2D eigenvalue weighted by molar-refractivity contribution is 0.0810. The Bertz CT molecular complexity index is 349. The first-order valence-corrected chi connectivity index (χ1v) is 5.41. The molecular weight excluding hydrogens is 202 g/mol. The summed E-state index contributed by atoms with van der Waals surface area (Å²) in [6.07, 6.45) is 0.591. The predicted molar refractivity (Wildman–Crippen MR) is 64.7 cm³/mol. The maximum atomic E-state index is 11.5. The zero-order valence-electron chi connectivity index (χ0n) is 10.1. The van der Waals surface area contributed by atoms with Crippen molar-refractivity contribution in [2.75, 3.05) is 13.6 Å². The third-order valence-electron chi connectivity index (χ3n) is 2.25. The number of ketones is 1. The lowest BCUT2D eigenvalue weighted by Crippen LogP contribution is -2.22. The average Bonchev–Trinajstić information content (AvgIpc) is 2.16. The van der Waals surface area contributed by atoms with Gasteiger partial charge in [-0.1, -0.05) is 24.3 Å². The average molecular weight is 221 g/mol. The van der Waals surface area contributed by atoms with Gasteiger partial charge in [0.25, 0.3) is 0 Å².